The van der Waals surface area contributed by atoms with Crippen molar-refractivity contribution in [2.75, 3.05) is 13.6 Å². The van der Waals surface area contributed by atoms with Gasteiger partial charge in [0.1, 0.15) is 0 Å². The lowest BCUT2D eigenvalue weighted by Gasteiger charge is -2.20. The number of nitrogens with zero attached hydrogens (tertiary/aromatic N) is 1. The molecule has 0 spiro atoms. The number of rotatable bonds is 4. The molecule has 1 aromatic heterocycles. The lowest BCUT2D eigenvalue weighted by atomic mass is 9.88. The highest BCUT2D eigenvalue weighted by molar-refractivity contribution is 7.11. The molecule has 0 saturated heterocycles. The molecule has 0 aliphatic heterocycles. The first-order valence-electron chi connectivity index (χ1n) is 6.42. The Morgan fingerprint density at radius 3 is 2.75 bits per heavy atom. The van der Waals surface area contributed by atoms with Gasteiger partial charge in [-0.25, -0.2) is 4.98 Å². The van der Waals surface area contributed by atoms with Crippen LogP contribution in [0.4, 0.5) is 0 Å². The number of aryl methyl sites for hydroxylation is 1. The van der Waals surface area contributed by atoms with E-state index in [0.29, 0.717) is 0 Å². The summed E-state index contributed by atoms with van der Waals surface area (Å²) < 4.78 is 0. The number of hydrogen-bond acceptors (Lipinski definition) is 3. The van der Waals surface area contributed by atoms with Crippen LogP contribution in [0.15, 0.2) is 0 Å². The molecule has 0 aromatic carbocycles. The molecule has 1 heterocycles. The second kappa shape index (κ2) is 5.78. The first-order chi connectivity index (χ1) is 7.81. The van der Waals surface area contributed by atoms with Crippen LogP contribution < -0.4 is 5.32 Å². The number of aromatic nitrogens is 1. The van der Waals surface area contributed by atoms with Crippen molar-refractivity contribution in [3.63, 3.8) is 0 Å². The number of thiazole rings is 1. The van der Waals surface area contributed by atoms with Crippen molar-refractivity contribution in [1.82, 2.24) is 10.3 Å². The fraction of sp³-hybridized carbons (Fsp3) is 0.769. The molecular formula is C13H22N2S. The van der Waals surface area contributed by atoms with Crippen LogP contribution in [-0.4, -0.2) is 18.6 Å². The third-order valence-corrected chi connectivity index (χ3v) is 4.82. The molecular weight excluding hydrogens is 216 g/mol. The van der Waals surface area contributed by atoms with Gasteiger partial charge in [0.05, 0.1) is 10.7 Å². The second-order valence-electron chi connectivity index (χ2n) is 4.75. The van der Waals surface area contributed by atoms with Crippen molar-refractivity contribution in [1.29, 1.82) is 0 Å². The lowest BCUT2D eigenvalue weighted by Crippen LogP contribution is -2.09. The Hall–Kier alpha value is -0.410. The fourth-order valence-corrected chi connectivity index (χ4v) is 3.78. The van der Waals surface area contributed by atoms with E-state index in [4.69, 9.17) is 4.98 Å². The standard InChI is InChI=1S/C13H22N2S/c1-10-13(11-6-4-3-5-7-11)16-12(15-10)8-9-14-2/h11,14H,3-9H2,1-2H3. The van der Waals surface area contributed by atoms with E-state index in [-0.39, 0.29) is 0 Å². The molecule has 1 aromatic rings. The van der Waals surface area contributed by atoms with Gasteiger partial charge in [0.25, 0.3) is 0 Å². The van der Waals surface area contributed by atoms with E-state index in [9.17, 15) is 0 Å². The second-order valence-corrected chi connectivity index (χ2v) is 5.86. The van der Waals surface area contributed by atoms with Crippen LogP contribution in [0.3, 0.4) is 0 Å². The molecule has 2 nitrogen and oxygen atoms in total. The Balaban J connectivity index is 2.04. The van der Waals surface area contributed by atoms with Crippen LogP contribution in [0.1, 0.15) is 53.6 Å². The Labute approximate surface area is 102 Å². The van der Waals surface area contributed by atoms with Crippen molar-refractivity contribution in [3.05, 3.63) is 15.6 Å². The van der Waals surface area contributed by atoms with E-state index >= 15 is 0 Å². The van der Waals surface area contributed by atoms with E-state index in [2.05, 4.69) is 12.2 Å². The minimum atomic E-state index is 0.814. The van der Waals surface area contributed by atoms with Crippen molar-refractivity contribution in [2.24, 2.45) is 0 Å². The van der Waals surface area contributed by atoms with Crippen molar-refractivity contribution < 1.29 is 0 Å². The van der Waals surface area contributed by atoms with Crippen LogP contribution in [-0.2, 0) is 6.42 Å². The predicted octanol–water partition coefficient (Wildman–Crippen LogP) is 3.26. The van der Waals surface area contributed by atoms with Crippen LogP contribution in [0, 0.1) is 6.92 Å². The Morgan fingerprint density at radius 1 is 1.31 bits per heavy atom. The summed E-state index contributed by atoms with van der Waals surface area (Å²) >= 11 is 1.95. The van der Waals surface area contributed by atoms with Crippen LogP contribution in [0.5, 0.6) is 0 Å². The van der Waals surface area contributed by atoms with Crippen LogP contribution in [0.25, 0.3) is 0 Å². The summed E-state index contributed by atoms with van der Waals surface area (Å²) in [5, 5.41) is 4.50. The van der Waals surface area contributed by atoms with E-state index < -0.39 is 0 Å². The SMILES string of the molecule is CNCCc1nc(C)c(C2CCCCC2)s1. The van der Waals surface area contributed by atoms with Gasteiger partial charge in [-0.2, -0.15) is 0 Å². The molecule has 2 rings (SSSR count). The topological polar surface area (TPSA) is 24.9 Å². The molecule has 16 heavy (non-hydrogen) atoms. The number of nitrogens with one attached hydrogen (secondary N) is 1. The monoisotopic (exact) mass is 238 g/mol. The zero-order chi connectivity index (χ0) is 11.4. The third kappa shape index (κ3) is 2.83. The molecule has 0 bridgehead atoms. The maximum Gasteiger partial charge on any atom is 0.0943 e. The van der Waals surface area contributed by atoms with Crippen molar-refractivity contribution >= 4 is 11.3 Å². The van der Waals surface area contributed by atoms with E-state index in [1.807, 2.05) is 18.4 Å². The quantitative estimate of drug-likeness (QED) is 0.871. The van der Waals surface area contributed by atoms with Crippen molar-refractivity contribution in [3.8, 4) is 0 Å². The first-order valence-corrected chi connectivity index (χ1v) is 7.23. The summed E-state index contributed by atoms with van der Waals surface area (Å²) in [5.41, 5.74) is 1.29. The average Bonchev–Trinajstić information content (AvgIpc) is 2.69. The lowest BCUT2D eigenvalue weighted by molar-refractivity contribution is 0.446. The zero-order valence-electron chi connectivity index (χ0n) is 10.4. The zero-order valence-corrected chi connectivity index (χ0v) is 11.2. The molecule has 1 aliphatic carbocycles. The molecule has 1 fully saturated rings. The van der Waals surface area contributed by atoms with Crippen LogP contribution >= 0.6 is 11.3 Å². The molecule has 3 heteroatoms. The van der Waals surface area contributed by atoms with Gasteiger partial charge in [0.2, 0.25) is 0 Å². The molecule has 0 atom stereocenters. The van der Waals surface area contributed by atoms with Gasteiger partial charge in [-0.05, 0) is 32.7 Å². The van der Waals surface area contributed by atoms with Gasteiger partial charge in [0.15, 0.2) is 0 Å². The molecule has 0 unspecified atom stereocenters. The Kier molecular flexibility index (Phi) is 4.36. The van der Waals surface area contributed by atoms with Crippen LogP contribution in [0.2, 0.25) is 0 Å². The summed E-state index contributed by atoms with van der Waals surface area (Å²) in [6.45, 7) is 3.22. The largest absolute Gasteiger partial charge is 0.319 e. The normalized spacial score (nSPS) is 17.9. The Morgan fingerprint density at radius 2 is 2.06 bits per heavy atom. The minimum absolute atomic E-state index is 0.814. The molecule has 1 saturated carbocycles. The summed E-state index contributed by atoms with van der Waals surface area (Å²) in [5.74, 6) is 0.814. The summed E-state index contributed by atoms with van der Waals surface area (Å²) in [6, 6.07) is 0. The molecule has 0 amide bonds. The van der Waals surface area contributed by atoms with E-state index in [1.165, 1.54) is 42.8 Å². The fourth-order valence-electron chi connectivity index (χ4n) is 2.55. The molecule has 0 radical (unpaired) electrons. The highest BCUT2D eigenvalue weighted by Crippen LogP contribution is 2.37. The summed E-state index contributed by atoms with van der Waals surface area (Å²) in [4.78, 5) is 6.28. The molecule has 1 aliphatic rings. The van der Waals surface area contributed by atoms with E-state index in [1.54, 1.807) is 4.88 Å². The highest BCUT2D eigenvalue weighted by atomic mass is 32.1. The molecule has 1 N–H and O–H groups in total. The Bertz CT molecular complexity index is 327. The molecule has 90 valence electrons. The van der Waals surface area contributed by atoms with Gasteiger partial charge < -0.3 is 5.32 Å². The predicted molar refractivity (Wildman–Crippen MR) is 70.3 cm³/mol. The maximum absolute atomic E-state index is 4.70. The van der Waals surface area contributed by atoms with Gasteiger partial charge in [-0.3, -0.25) is 0 Å². The smallest absolute Gasteiger partial charge is 0.0943 e. The summed E-state index contributed by atoms with van der Waals surface area (Å²) in [6.07, 6.45) is 8.10. The third-order valence-electron chi connectivity index (χ3n) is 3.44. The van der Waals surface area contributed by atoms with Crippen molar-refractivity contribution in [2.45, 2.75) is 51.4 Å². The number of hydrogen-bond donors (Lipinski definition) is 1. The van der Waals surface area contributed by atoms with E-state index in [0.717, 1.165) is 18.9 Å². The first kappa shape index (κ1) is 12.1. The van der Waals surface area contributed by atoms with Gasteiger partial charge in [-0.1, -0.05) is 19.3 Å². The maximum atomic E-state index is 4.70. The van der Waals surface area contributed by atoms with Gasteiger partial charge in [-0.15, -0.1) is 11.3 Å². The number of likely N-dealkylation sites (N-methyl/N-ethyl adjacent to an activating group) is 1. The van der Waals surface area contributed by atoms with Gasteiger partial charge >= 0.3 is 0 Å². The minimum Gasteiger partial charge on any atom is -0.319 e. The summed E-state index contributed by atoms with van der Waals surface area (Å²) in [7, 11) is 2.00. The highest BCUT2D eigenvalue weighted by Gasteiger charge is 2.20. The van der Waals surface area contributed by atoms with Gasteiger partial charge in [0, 0.05) is 17.8 Å². The average molecular weight is 238 g/mol.